The molecule has 0 spiro atoms. The minimum absolute atomic E-state index is 0.225. The van der Waals surface area contributed by atoms with Gasteiger partial charge >= 0.3 is 5.97 Å². The van der Waals surface area contributed by atoms with Crippen LogP contribution in [0.3, 0.4) is 0 Å². The van der Waals surface area contributed by atoms with Gasteiger partial charge < -0.3 is 9.47 Å². The van der Waals surface area contributed by atoms with Crippen LogP contribution in [0.2, 0.25) is 0 Å². The molecule has 2 aromatic carbocycles. The fourth-order valence-electron chi connectivity index (χ4n) is 2.42. The second kappa shape index (κ2) is 7.08. The summed E-state index contributed by atoms with van der Waals surface area (Å²) in [7, 11) is 1.36. The lowest BCUT2D eigenvalue weighted by atomic mass is 10.1. The lowest BCUT2D eigenvalue weighted by molar-refractivity contribution is -0.139. The standard InChI is InChI=1S/C19H16FNO3/c1-23-18(22)11-13-4-7-15(8-5-13)24-12-14-6-9-17(20)16-3-2-10-21-19(14)16/h2-10H,11-12H2,1H3. The Balaban J connectivity index is 1.72. The number of hydrogen-bond donors (Lipinski definition) is 0. The first-order valence-corrected chi connectivity index (χ1v) is 7.48. The lowest BCUT2D eigenvalue weighted by Crippen LogP contribution is -2.04. The van der Waals surface area contributed by atoms with Crippen LogP contribution in [0.1, 0.15) is 11.1 Å². The predicted octanol–water partition coefficient (Wildman–Crippen LogP) is 3.67. The van der Waals surface area contributed by atoms with Crippen molar-refractivity contribution in [2.45, 2.75) is 13.0 Å². The SMILES string of the molecule is COC(=O)Cc1ccc(OCc2ccc(F)c3cccnc23)cc1. The monoisotopic (exact) mass is 325 g/mol. The zero-order chi connectivity index (χ0) is 16.9. The van der Waals surface area contributed by atoms with Crippen LogP contribution in [0.25, 0.3) is 10.9 Å². The highest BCUT2D eigenvalue weighted by Gasteiger charge is 2.08. The fraction of sp³-hybridized carbons (Fsp3) is 0.158. The van der Waals surface area contributed by atoms with Gasteiger partial charge in [0.05, 0.1) is 19.0 Å². The Kier molecular flexibility index (Phi) is 4.70. The normalized spacial score (nSPS) is 10.6. The summed E-state index contributed by atoms with van der Waals surface area (Å²) >= 11 is 0. The van der Waals surface area contributed by atoms with E-state index < -0.39 is 0 Å². The zero-order valence-electron chi connectivity index (χ0n) is 13.2. The average Bonchev–Trinajstić information content (AvgIpc) is 2.62. The number of halogens is 1. The van der Waals surface area contributed by atoms with E-state index in [1.807, 2.05) is 12.1 Å². The molecule has 1 aromatic heterocycles. The largest absolute Gasteiger partial charge is 0.489 e. The summed E-state index contributed by atoms with van der Waals surface area (Å²) < 4.78 is 24.2. The first kappa shape index (κ1) is 15.9. The highest BCUT2D eigenvalue weighted by Crippen LogP contribution is 2.21. The van der Waals surface area contributed by atoms with Crippen molar-refractivity contribution in [3.63, 3.8) is 0 Å². The topological polar surface area (TPSA) is 48.4 Å². The molecular formula is C19H16FNO3. The Morgan fingerprint density at radius 1 is 1.12 bits per heavy atom. The van der Waals surface area contributed by atoms with Gasteiger partial charge in [-0.2, -0.15) is 0 Å². The molecule has 1 heterocycles. The van der Waals surface area contributed by atoms with E-state index in [1.54, 1.807) is 36.5 Å². The van der Waals surface area contributed by atoms with Crippen molar-refractivity contribution in [2.24, 2.45) is 0 Å². The van der Waals surface area contributed by atoms with E-state index in [2.05, 4.69) is 9.72 Å². The lowest BCUT2D eigenvalue weighted by Gasteiger charge is -2.09. The summed E-state index contributed by atoms with van der Waals surface area (Å²) in [5.41, 5.74) is 2.26. The average molecular weight is 325 g/mol. The number of methoxy groups -OCH3 is 1. The van der Waals surface area contributed by atoms with Gasteiger partial charge in [0.15, 0.2) is 0 Å². The Hall–Kier alpha value is -2.95. The summed E-state index contributed by atoms with van der Waals surface area (Å²) in [4.78, 5) is 15.5. The van der Waals surface area contributed by atoms with Gasteiger partial charge in [-0.05, 0) is 35.9 Å². The van der Waals surface area contributed by atoms with Gasteiger partial charge in [-0.1, -0.05) is 18.2 Å². The quantitative estimate of drug-likeness (QED) is 0.672. The molecule has 0 aliphatic rings. The second-order valence-corrected chi connectivity index (χ2v) is 5.29. The zero-order valence-corrected chi connectivity index (χ0v) is 13.2. The Bertz CT molecular complexity index is 862. The molecule has 0 unspecified atom stereocenters. The summed E-state index contributed by atoms with van der Waals surface area (Å²) in [6.45, 7) is 0.282. The molecule has 0 aliphatic carbocycles. The maximum atomic E-state index is 13.8. The van der Waals surface area contributed by atoms with Crippen molar-refractivity contribution in [3.05, 3.63) is 71.7 Å². The van der Waals surface area contributed by atoms with E-state index in [-0.39, 0.29) is 24.8 Å². The smallest absolute Gasteiger partial charge is 0.309 e. The number of hydrogen-bond acceptors (Lipinski definition) is 4. The van der Waals surface area contributed by atoms with Crippen LogP contribution < -0.4 is 4.74 Å². The molecular weight excluding hydrogens is 309 g/mol. The van der Waals surface area contributed by atoms with Crippen LogP contribution in [0.15, 0.2) is 54.7 Å². The van der Waals surface area contributed by atoms with Gasteiger partial charge in [0.2, 0.25) is 0 Å². The number of benzene rings is 2. The van der Waals surface area contributed by atoms with Gasteiger partial charge in [0, 0.05) is 17.1 Å². The molecule has 0 fully saturated rings. The van der Waals surface area contributed by atoms with Crippen molar-refractivity contribution in [1.82, 2.24) is 4.98 Å². The molecule has 0 aliphatic heterocycles. The molecule has 122 valence electrons. The Labute approximate surface area is 138 Å². The number of aromatic nitrogens is 1. The van der Waals surface area contributed by atoms with Crippen molar-refractivity contribution < 1.29 is 18.7 Å². The third-order valence-corrected chi connectivity index (χ3v) is 3.69. The Morgan fingerprint density at radius 3 is 2.67 bits per heavy atom. The van der Waals surface area contributed by atoms with Crippen molar-refractivity contribution >= 4 is 16.9 Å². The molecule has 5 heteroatoms. The molecule has 3 aromatic rings. The van der Waals surface area contributed by atoms with E-state index in [0.717, 1.165) is 11.1 Å². The Morgan fingerprint density at radius 2 is 1.92 bits per heavy atom. The second-order valence-electron chi connectivity index (χ2n) is 5.29. The van der Waals surface area contributed by atoms with E-state index in [0.29, 0.717) is 16.7 Å². The maximum Gasteiger partial charge on any atom is 0.309 e. The van der Waals surface area contributed by atoms with Crippen molar-refractivity contribution in [3.8, 4) is 5.75 Å². The molecule has 0 saturated heterocycles. The van der Waals surface area contributed by atoms with Gasteiger partial charge in [0.25, 0.3) is 0 Å². The van der Waals surface area contributed by atoms with Crippen LogP contribution in [0.5, 0.6) is 5.75 Å². The molecule has 0 saturated carbocycles. The third-order valence-electron chi connectivity index (χ3n) is 3.69. The number of carbonyl (C=O) groups excluding carboxylic acids is 1. The molecule has 0 radical (unpaired) electrons. The number of fused-ring (bicyclic) bond motifs is 1. The van der Waals surface area contributed by atoms with Crippen molar-refractivity contribution in [2.75, 3.05) is 7.11 Å². The minimum Gasteiger partial charge on any atom is -0.489 e. The summed E-state index contributed by atoms with van der Waals surface area (Å²) in [5.74, 6) is 0.0820. The molecule has 3 rings (SSSR count). The molecule has 0 bridgehead atoms. The van der Waals surface area contributed by atoms with Crippen LogP contribution >= 0.6 is 0 Å². The molecule has 0 amide bonds. The first-order chi connectivity index (χ1) is 11.7. The van der Waals surface area contributed by atoms with Crippen LogP contribution in [-0.4, -0.2) is 18.1 Å². The molecule has 24 heavy (non-hydrogen) atoms. The van der Waals surface area contributed by atoms with Crippen molar-refractivity contribution in [1.29, 1.82) is 0 Å². The fourth-order valence-corrected chi connectivity index (χ4v) is 2.42. The summed E-state index contributed by atoms with van der Waals surface area (Å²) in [6, 6.07) is 13.7. The van der Waals surface area contributed by atoms with Gasteiger partial charge in [-0.15, -0.1) is 0 Å². The minimum atomic E-state index is -0.297. The predicted molar refractivity (Wildman–Crippen MR) is 88.2 cm³/mol. The highest BCUT2D eigenvalue weighted by atomic mass is 19.1. The van der Waals surface area contributed by atoms with Crippen LogP contribution in [0, 0.1) is 5.82 Å². The first-order valence-electron chi connectivity index (χ1n) is 7.48. The van der Waals surface area contributed by atoms with Gasteiger partial charge in [-0.25, -0.2) is 4.39 Å². The van der Waals surface area contributed by atoms with E-state index in [9.17, 15) is 9.18 Å². The number of nitrogens with zero attached hydrogens (tertiary/aromatic N) is 1. The number of pyridine rings is 1. The summed E-state index contributed by atoms with van der Waals surface area (Å²) in [5, 5.41) is 0.479. The van der Waals surface area contributed by atoms with Gasteiger partial charge in [0.1, 0.15) is 18.2 Å². The number of rotatable bonds is 5. The third kappa shape index (κ3) is 3.51. The van der Waals surface area contributed by atoms with Gasteiger partial charge in [-0.3, -0.25) is 9.78 Å². The van der Waals surface area contributed by atoms with Crippen LogP contribution in [-0.2, 0) is 22.6 Å². The molecule has 0 N–H and O–H groups in total. The number of ether oxygens (including phenoxy) is 2. The molecule has 4 nitrogen and oxygen atoms in total. The van der Waals surface area contributed by atoms with Crippen LogP contribution in [0.4, 0.5) is 4.39 Å². The number of carbonyl (C=O) groups is 1. The van der Waals surface area contributed by atoms with E-state index >= 15 is 0 Å². The van der Waals surface area contributed by atoms with E-state index in [1.165, 1.54) is 13.2 Å². The molecule has 0 atom stereocenters. The maximum absolute atomic E-state index is 13.8. The summed E-state index contributed by atoms with van der Waals surface area (Å²) in [6.07, 6.45) is 1.86. The number of esters is 1. The van der Waals surface area contributed by atoms with E-state index in [4.69, 9.17) is 4.74 Å². The highest BCUT2D eigenvalue weighted by molar-refractivity contribution is 5.82.